The van der Waals surface area contributed by atoms with Gasteiger partial charge in [0.05, 0.1) is 16.1 Å². The number of halogens is 1. The third kappa shape index (κ3) is 3.88. The Labute approximate surface area is 142 Å². The Morgan fingerprint density at radius 3 is 2.77 bits per heavy atom. The number of likely N-dealkylation sites (N-methyl/N-ethyl adjacent to an activating group) is 1. The minimum Gasteiger partial charge on any atom is -0.506 e. The summed E-state index contributed by atoms with van der Waals surface area (Å²) in [6, 6.07) is 7.63. The molecule has 6 heteroatoms. The fraction of sp³-hybridized carbons (Fsp3) is 0.312. The number of nitrogens with one attached hydrogen (secondary N) is 1. The number of phenolic OH excluding ortho intramolecular Hbond substituents is 1. The van der Waals surface area contributed by atoms with E-state index in [0.29, 0.717) is 11.0 Å². The van der Waals surface area contributed by atoms with E-state index in [1.807, 2.05) is 32.5 Å². The van der Waals surface area contributed by atoms with Crippen LogP contribution in [0.4, 0.5) is 0 Å². The Morgan fingerprint density at radius 1 is 1.45 bits per heavy atom. The van der Waals surface area contributed by atoms with Crippen molar-refractivity contribution < 1.29 is 9.90 Å². The molecule has 0 spiro atoms. The van der Waals surface area contributed by atoms with Crippen LogP contribution in [0.25, 0.3) is 0 Å². The Kier molecular flexibility index (Phi) is 5.61. The molecule has 1 atom stereocenters. The molecule has 0 aliphatic heterocycles. The summed E-state index contributed by atoms with van der Waals surface area (Å²) in [4.78, 5) is 15.6. The van der Waals surface area contributed by atoms with Crippen molar-refractivity contribution in [2.45, 2.75) is 13.0 Å². The van der Waals surface area contributed by atoms with Gasteiger partial charge >= 0.3 is 0 Å². The molecule has 1 heterocycles. The summed E-state index contributed by atoms with van der Waals surface area (Å²) in [6.07, 6.45) is 0. The molecule has 1 amide bonds. The Balaban J connectivity index is 2.12. The monoisotopic (exact) mass is 382 g/mol. The number of carbonyl (C=O) groups is 1. The lowest BCUT2D eigenvalue weighted by molar-refractivity contribution is 0.0939. The van der Waals surface area contributed by atoms with Crippen molar-refractivity contribution in [3.63, 3.8) is 0 Å². The molecular formula is C16H19BrN2O2S. The number of rotatable bonds is 5. The van der Waals surface area contributed by atoms with Gasteiger partial charge in [0.1, 0.15) is 5.75 Å². The predicted octanol–water partition coefficient (Wildman–Crippen LogP) is 3.56. The van der Waals surface area contributed by atoms with E-state index >= 15 is 0 Å². The number of thiophene rings is 1. The molecule has 1 unspecified atom stereocenters. The number of hydrogen-bond donors (Lipinski definition) is 2. The summed E-state index contributed by atoms with van der Waals surface area (Å²) in [6.45, 7) is 2.37. The molecule has 2 N–H and O–H groups in total. The fourth-order valence-electron chi connectivity index (χ4n) is 2.21. The number of aromatic hydroxyl groups is 1. The first kappa shape index (κ1) is 17.0. The van der Waals surface area contributed by atoms with Gasteiger partial charge in [-0.15, -0.1) is 11.3 Å². The van der Waals surface area contributed by atoms with Gasteiger partial charge in [-0.3, -0.25) is 4.79 Å². The van der Waals surface area contributed by atoms with Crippen LogP contribution in [-0.4, -0.2) is 36.6 Å². The van der Waals surface area contributed by atoms with Crippen molar-refractivity contribution in [2.75, 3.05) is 20.6 Å². The maximum absolute atomic E-state index is 12.4. The maximum Gasteiger partial charge on any atom is 0.255 e. The van der Waals surface area contributed by atoms with Gasteiger partial charge in [-0.25, -0.2) is 0 Å². The number of aryl methyl sites for hydroxylation is 1. The molecule has 0 aliphatic carbocycles. The lowest BCUT2D eigenvalue weighted by atomic mass is 10.1. The van der Waals surface area contributed by atoms with E-state index in [1.165, 1.54) is 4.88 Å². The van der Waals surface area contributed by atoms with E-state index < -0.39 is 0 Å². The highest BCUT2D eigenvalue weighted by molar-refractivity contribution is 9.10. The molecule has 2 rings (SSSR count). The van der Waals surface area contributed by atoms with Crippen LogP contribution >= 0.6 is 27.3 Å². The fourth-order valence-corrected chi connectivity index (χ4v) is 3.71. The van der Waals surface area contributed by atoms with E-state index in [2.05, 4.69) is 32.2 Å². The summed E-state index contributed by atoms with van der Waals surface area (Å²) in [5.74, 6) is -0.300. The lowest BCUT2D eigenvalue weighted by Crippen LogP contribution is -2.34. The van der Waals surface area contributed by atoms with Crippen molar-refractivity contribution in [1.29, 1.82) is 0 Å². The number of amides is 1. The van der Waals surface area contributed by atoms with Gasteiger partial charge in [0.25, 0.3) is 5.91 Å². The third-order valence-corrected chi connectivity index (χ3v) is 4.98. The van der Waals surface area contributed by atoms with Gasteiger partial charge in [-0.1, -0.05) is 6.07 Å². The van der Waals surface area contributed by atoms with Gasteiger partial charge in [0, 0.05) is 11.4 Å². The first-order chi connectivity index (χ1) is 10.4. The number of benzene rings is 1. The van der Waals surface area contributed by atoms with Crippen molar-refractivity contribution >= 4 is 33.2 Å². The van der Waals surface area contributed by atoms with E-state index in [4.69, 9.17) is 0 Å². The van der Waals surface area contributed by atoms with E-state index in [1.54, 1.807) is 23.5 Å². The SMILES string of the molecule is Cc1cc(Br)c(O)c(C(=O)NCC(c2cccs2)N(C)C)c1. The van der Waals surface area contributed by atoms with Gasteiger partial charge in [-0.2, -0.15) is 0 Å². The van der Waals surface area contributed by atoms with Gasteiger partial charge < -0.3 is 15.3 Å². The minimum absolute atomic E-state index is 0.0272. The number of phenols is 1. The molecule has 0 bridgehead atoms. The minimum atomic E-state index is -0.273. The third-order valence-electron chi connectivity index (χ3n) is 3.40. The van der Waals surface area contributed by atoms with Gasteiger partial charge in [0.15, 0.2) is 0 Å². The average molecular weight is 383 g/mol. The van der Waals surface area contributed by atoms with Crippen molar-refractivity contribution in [2.24, 2.45) is 0 Å². The van der Waals surface area contributed by atoms with Crippen LogP contribution in [0.2, 0.25) is 0 Å². The van der Waals surface area contributed by atoms with Crippen LogP contribution in [0.3, 0.4) is 0 Å². The van der Waals surface area contributed by atoms with Crippen LogP contribution in [0.1, 0.15) is 26.8 Å². The maximum atomic E-state index is 12.4. The molecule has 1 aromatic carbocycles. The summed E-state index contributed by atoms with van der Waals surface area (Å²) >= 11 is 4.93. The normalized spacial score (nSPS) is 12.4. The summed E-state index contributed by atoms with van der Waals surface area (Å²) in [7, 11) is 3.97. The summed E-state index contributed by atoms with van der Waals surface area (Å²) < 4.78 is 0.528. The molecule has 1 aromatic heterocycles. The van der Waals surface area contributed by atoms with Crippen molar-refractivity contribution in [3.8, 4) is 5.75 Å². The first-order valence-corrected chi connectivity index (χ1v) is 8.54. The highest BCUT2D eigenvalue weighted by atomic mass is 79.9. The number of carbonyl (C=O) groups excluding carboxylic acids is 1. The second kappa shape index (κ2) is 7.26. The smallest absolute Gasteiger partial charge is 0.255 e. The molecule has 22 heavy (non-hydrogen) atoms. The largest absolute Gasteiger partial charge is 0.506 e. The van der Waals surface area contributed by atoms with E-state index in [0.717, 1.165) is 5.56 Å². The Hall–Kier alpha value is -1.37. The quantitative estimate of drug-likeness (QED) is 0.830. The molecule has 4 nitrogen and oxygen atoms in total. The Morgan fingerprint density at radius 2 is 2.18 bits per heavy atom. The van der Waals surface area contributed by atoms with Crippen LogP contribution in [0, 0.1) is 6.92 Å². The van der Waals surface area contributed by atoms with Gasteiger partial charge in [-0.05, 0) is 66.1 Å². The second-order valence-corrected chi connectivity index (χ2v) is 7.18. The zero-order valence-electron chi connectivity index (χ0n) is 12.8. The zero-order valence-corrected chi connectivity index (χ0v) is 15.2. The summed E-state index contributed by atoms with van der Waals surface area (Å²) in [5, 5.41) is 15.0. The van der Waals surface area contributed by atoms with E-state index in [9.17, 15) is 9.90 Å². The highest BCUT2D eigenvalue weighted by Gasteiger charge is 2.19. The zero-order chi connectivity index (χ0) is 16.3. The molecule has 118 valence electrons. The number of hydrogen-bond acceptors (Lipinski definition) is 4. The van der Waals surface area contributed by atoms with Crippen LogP contribution in [0.5, 0.6) is 5.75 Å². The highest BCUT2D eigenvalue weighted by Crippen LogP contribution is 2.29. The molecule has 0 saturated heterocycles. The molecule has 0 aliphatic rings. The standard InChI is InChI=1S/C16H19BrN2O2S/c1-10-7-11(15(20)12(17)8-10)16(21)18-9-13(19(2)3)14-5-4-6-22-14/h4-8,13,20H,9H2,1-3H3,(H,18,21). The first-order valence-electron chi connectivity index (χ1n) is 6.87. The van der Waals surface area contributed by atoms with Crippen molar-refractivity contribution in [1.82, 2.24) is 10.2 Å². The molecule has 0 fully saturated rings. The van der Waals surface area contributed by atoms with Crippen LogP contribution < -0.4 is 5.32 Å². The average Bonchev–Trinajstić information content (AvgIpc) is 2.96. The Bertz CT molecular complexity index is 656. The van der Waals surface area contributed by atoms with Crippen LogP contribution in [-0.2, 0) is 0 Å². The predicted molar refractivity (Wildman–Crippen MR) is 93.6 cm³/mol. The number of nitrogens with zero attached hydrogens (tertiary/aromatic N) is 1. The summed E-state index contributed by atoms with van der Waals surface area (Å²) in [5.41, 5.74) is 1.20. The molecule has 0 saturated carbocycles. The lowest BCUT2D eigenvalue weighted by Gasteiger charge is -2.23. The van der Waals surface area contributed by atoms with Crippen LogP contribution in [0.15, 0.2) is 34.1 Å². The molecular weight excluding hydrogens is 364 g/mol. The van der Waals surface area contributed by atoms with Crippen molar-refractivity contribution in [3.05, 3.63) is 50.1 Å². The van der Waals surface area contributed by atoms with Gasteiger partial charge in [0.2, 0.25) is 0 Å². The topological polar surface area (TPSA) is 52.6 Å². The van der Waals surface area contributed by atoms with E-state index in [-0.39, 0.29) is 23.3 Å². The molecule has 0 radical (unpaired) electrons. The molecule has 2 aromatic rings. The second-order valence-electron chi connectivity index (χ2n) is 5.35.